The summed E-state index contributed by atoms with van der Waals surface area (Å²) in [6.07, 6.45) is 2.88. The number of alkyl halides is 2. The van der Waals surface area contributed by atoms with Crippen molar-refractivity contribution in [1.82, 2.24) is 24.7 Å². The van der Waals surface area contributed by atoms with Gasteiger partial charge in [-0.1, -0.05) is 5.16 Å². The van der Waals surface area contributed by atoms with Gasteiger partial charge in [0.1, 0.15) is 0 Å². The number of rotatable bonds is 6. The van der Waals surface area contributed by atoms with Gasteiger partial charge in [0.15, 0.2) is 0 Å². The molecule has 7 rings (SSSR count). The highest BCUT2D eigenvalue weighted by molar-refractivity contribution is 6.09. The number of carbonyl (C=O) groups excluding carboxylic acids is 1. The van der Waals surface area contributed by atoms with Crippen molar-refractivity contribution in [2.45, 2.75) is 25.7 Å². The van der Waals surface area contributed by atoms with Crippen LogP contribution in [0.1, 0.15) is 34.3 Å². The maximum atomic E-state index is 13.3. The highest BCUT2D eigenvalue weighted by atomic mass is 19.3. The number of halogens is 2. The first-order valence-electron chi connectivity index (χ1n) is 12.1. The smallest absolute Gasteiger partial charge is 0.259 e. The van der Waals surface area contributed by atoms with E-state index < -0.39 is 18.3 Å². The van der Waals surface area contributed by atoms with Gasteiger partial charge < -0.3 is 19.5 Å². The van der Waals surface area contributed by atoms with E-state index in [9.17, 15) is 13.6 Å². The number of hydrogen-bond donors (Lipinski definition) is 1. The Morgan fingerprint density at radius 1 is 1.24 bits per heavy atom. The summed E-state index contributed by atoms with van der Waals surface area (Å²) < 4.78 is 38.0. The van der Waals surface area contributed by atoms with Gasteiger partial charge >= 0.3 is 0 Å². The van der Waals surface area contributed by atoms with Gasteiger partial charge in [0.25, 0.3) is 5.91 Å². The van der Waals surface area contributed by atoms with E-state index in [-0.39, 0.29) is 23.0 Å². The van der Waals surface area contributed by atoms with E-state index in [0.717, 1.165) is 32.0 Å². The molecule has 2 aliphatic heterocycles. The van der Waals surface area contributed by atoms with Crippen LogP contribution in [0.4, 0.5) is 20.2 Å². The predicted molar refractivity (Wildman–Crippen MR) is 128 cm³/mol. The minimum atomic E-state index is -2.40. The Morgan fingerprint density at radius 2 is 2.08 bits per heavy atom. The van der Waals surface area contributed by atoms with Crippen molar-refractivity contribution in [2.75, 3.05) is 36.5 Å². The van der Waals surface area contributed by atoms with E-state index in [0.29, 0.717) is 34.4 Å². The molecule has 1 amide bonds. The van der Waals surface area contributed by atoms with E-state index in [4.69, 9.17) is 9.26 Å². The van der Waals surface area contributed by atoms with Crippen LogP contribution in [-0.4, -0.2) is 63.4 Å². The van der Waals surface area contributed by atoms with Gasteiger partial charge in [-0.2, -0.15) is 10.1 Å². The van der Waals surface area contributed by atoms with Gasteiger partial charge in [-0.3, -0.25) is 9.78 Å². The molecule has 10 nitrogen and oxygen atoms in total. The molecule has 6 heterocycles. The molecule has 190 valence electrons. The van der Waals surface area contributed by atoms with E-state index in [1.807, 2.05) is 18.3 Å². The molecule has 4 aromatic rings. The van der Waals surface area contributed by atoms with Crippen LogP contribution in [0.25, 0.3) is 16.9 Å². The third kappa shape index (κ3) is 3.74. The summed E-state index contributed by atoms with van der Waals surface area (Å²) in [5, 5.41) is 11.2. The molecule has 1 saturated carbocycles. The van der Waals surface area contributed by atoms with Crippen molar-refractivity contribution in [3.63, 3.8) is 0 Å². The number of nitrogens with zero attached hydrogens (tertiary/aromatic N) is 6. The van der Waals surface area contributed by atoms with Gasteiger partial charge in [-0.05, 0) is 31.5 Å². The van der Waals surface area contributed by atoms with Crippen LogP contribution >= 0.6 is 0 Å². The Balaban J connectivity index is 1.11. The molecule has 3 fully saturated rings. The first-order valence-corrected chi connectivity index (χ1v) is 12.1. The fourth-order valence-corrected chi connectivity index (χ4v) is 5.11. The number of carbonyl (C=O) groups is 1. The van der Waals surface area contributed by atoms with Crippen molar-refractivity contribution in [3.05, 3.63) is 53.9 Å². The molecule has 0 aromatic carbocycles. The summed E-state index contributed by atoms with van der Waals surface area (Å²) in [7, 11) is 0. The fraction of sp³-hybridized carbons (Fsp3) is 0.400. The van der Waals surface area contributed by atoms with Gasteiger partial charge in [-0.25, -0.2) is 13.3 Å². The minimum absolute atomic E-state index is 0.201. The second-order valence-corrected chi connectivity index (χ2v) is 10.2. The van der Waals surface area contributed by atoms with Crippen molar-refractivity contribution in [3.8, 4) is 11.4 Å². The van der Waals surface area contributed by atoms with Crippen molar-refractivity contribution in [1.29, 1.82) is 0 Å². The first kappa shape index (κ1) is 22.3. The van der Waals surface area contributed by atoms with E-state index in [1.54, 1.807) is 29.9 Å². The van der Waals surface area contributed by atoms with Gasteiger partial charge in [0, 0.05) is 48.6 Å². The normalized spacial score (nSPS) is 21.8. The zero-order valence-corrected chi connectivity index (χ0v) is 19.9. The van der Waals surface area contributed by atoms with Crippen molar-refractivity contribution in [2.24, 2.45) is 11.3 Å². The van der Waals surface area contributed by atoms with Crippen LogP contribution in [0.2, 0.25) is 0 Å². The molecule has 0 radical (unpaired) electrons. The second-order valence-electron chi connectivity index (χ2n) is 10.2. The van der Waals surface area contributed by atoms with E-state index in [1.165, 1.54) is 0 Å². The van der Waals surface area contributed by atoms with E-state index in [2.05, 4.69) is 30.4 Å². The third-order valence-corrected chi connectivity index (χ3v) is 7.50. The second kappa shape index (κ2) is 8.04. The van der Waals surface area contributed by atoms with E-state index >= 15 is 0 Å². The third-order valence-electron chi connectivity index (χ3n) is 7.50. The zero-order chi connectivity index (χ0) is 25.3. The highest BCUT2D eigenvalue weighted by Crippen LogP contribution is 2.50. The van der Waals surface area contributed by atoms with Crippen molar-refractivity contribution < 1.29 is 22.8 Å². The number of aromatic nitrogens is 5. The lowest BCUT2D eigenvalue weighted by molar-refractivity contribution is -0.127. The molecule has 1 spiro atoms. The summed E-state index contributed by atoms with van der Waals surface area (Å²) in [5.41, 5.74) is 4.05. The Labute approximate surface area is 209 Å². The molecular formula is C25H23F2N7O3. The van der Waals surface area contributed by atoms with Crippen molar-refractivity contribution >= 4 is 22.8 Å². The first-order chi connectivity index (χ1) is 17.9. The number of anilines is 2. The molecule has 37 heavy (non-hydrogen) atoms. The van der Waals surface area contributed by atoms with Crippen LogP contribution < -0.4 is 10.2 Å². The summed E-state index contributed by atoms with van der Waals surface area (Å²) in [6.45, 7) is 5.27. The zero-order valence-electron chi connectivity index (χ0n) is 19.9. The standard InChI is InChI=1S/C25H23F2N7O3/c1-13-19(4-14(7-28-13)22-31-24(37-32-22)17-6-16(17)21(26)27)30-23(35)18-8-29-34-3-2-15(5-20(18)34)33-9-25(10-33)11-36-12-25/h2-5,7-8,16-17,21H,6,9-12H2,1H3,(H,30,35)/t16-,17?/m0/s1. The summed E-state index contributed by atoms with van der Waals surface area (Å²) in [6, 6.07) is 5.67. The molecule has 1 unspecified atom stereocenters. The average molecular weight is 508 g/mol. The molecule has 1 N–H and O–H groups in total. The minimum Gasteiger partial charge on any atom is -0.380 e. The lowest BCUT2D eigenvalue weighted by Gasteiger charge is -2.56. The van der Waals surface area contributed by atoms with Crippen LogP contribution in [-0.2, 0) is 4.74 Å². The largest absolute Gasteiger partial charge is 0.380 e. The van der Waals surface area contributed by atoms with Crippen LogP contribution in [0, 0.1) is 18.3 Å². The number of ether oxygens (including phenoxy) is 1. The lowest BCUT2D eigenvalue weighted by Crippen LogP contribution is -2.66. The number of aryl methyl sites for hydroxylation is 1. The molecule has 0 bridgehead atoms. The Kier molecular flexibility index (Phi) is 4.84. The summed E-state index contributed by atoms with van der Waals surface area (Å²) in [5.74, 6) is -1.04. The number of pyridine rings is 2. The quantitative estimate of drug-likeness (QED) is 0.422. The average Bonchev–Trinajstić information content (AvgIpc) is 3.28. The molecule has 3 aliphatic rings. The van der Waals surface area contributed by atoms with Crippen LogP contribution in [0.5, 0.6) is 0 Å². The molecule has 1 aliphatic carbocycles. The maximum absolute atomic E-state index is 13.3. The monoisotopic (exact) mass is 507 g/mol. The number of amides is 1. The highest BCUT2D eigenvalue weighted by Gasteiger charge is 2.49. The molecule has 4 aromatic heterocycles. The van der Waals surface area contributed by atoms with Gasteiger partial charge in [0.2, 0.25) is 18.1 Å². The Hall–Kier alpha value is -3.93. The Morgan fingerprint density at radius 3 is 2.81 bits per heavy atom. The molecule has 12 heteroatoms. The fourth-order valence-electron chi connectivity index (χ4n) is 5.11. The molecule has 2 atom stereocenters. The number of fused-ring (bicyclic) bond motifs is 1. The SMILES string of the molecule is Cc1ncc(-c2noc(C3C[C@@H]3C(F)F)n2)cc1NC(=O)c1cnn2ccc(N3CC4(COC4)C3)cc12. The van der Waals surface area contributed by atoms with Crippen LogP contribution in [0.15, 0.2) is 41.3 Å². The topological polar surface area (TPSA) is 111 Å². The Bertz CT molecular complexity index is 1520. The summed E-state index contributed by atoms with van der Waals surface area (Å²) >= 11 is 0. The number of hydrogen-bond acceptors (Lipinski definition) is 8. The lowest BCUT2D eigenvalue weighted by atomic mass is 9.78. The van der Waals surface area contributed by atoms with Gasteiger partial charge in [-0.15, -0.1) is 0 Å². The maximum Gasteiger partial charge on any atom is 0.259 e. The molecule has 2 saturated heterocycles. The predicted octanol–water partition coefficient (Wildman–Crippen LogP) is 3.55. The number of nitrogens with one attached hydrogen (secondary N) is 1. The van der Waals surface area contributed by atoms with Crippen LogP contribution in [0.3, 0.4) is 0 Å². The summed E-state index contributed by atoms with van der Waals surface area (Å²) in [4.78, 5) is 24.2. The molecular weight excluding hydrogens is 484 g/mol. The van der Waals surface area contributed by atoms with Gasteiger partial charge in [0.05, 0.1) is 47.3 Å².